The van der Waals surface area contributed by atoms with Crippen LogP contribution in [0.4, 0.5) is 4.39 Å². The normalized spacial score (nSPS) is 14.4. The average Bonchev–Trinajstić information content (AvgIpc) is 3.12. The van der Waals surface area contributed by atoms with Crippen molar-refractivity contribution in [3.05, 3.63) is 77.2 Å². The fraction of sp³-hybridized carbons (Fsp3) is 0.292. The first-order chi connectivity index (χ1) is 13.6. The van der Waals surface area contributed by atoms with Gasteiger partial charge in [-0.15, -0.1) is 0 Å². The molecule has 2 heterocycles. The molecular weight excluding hydrogens is 351 g/mol. The lowest BCUT2D eigenvalue weighted by atomic mass is 9.98. The molecule has 0 fully saturated rings. The van der Waals surface area contributed by atoms with E-state index in [0.29, 0.717) is 13.0 Å². The first-order valence-electron chi connectivity index (χ1n) is 9.89. The molecule has 4 rings (SSSR count). The maximum absolute atomic E-state index is 13.4. The molecule has 3 aromatic rings. The summed E-state index contributed by atoms with van der Waals surface area (Å²) in [6.45, 7) is 3.47. The minimum absolute atomic E-state index is 0.225. The summed E-state index contributed by atoms with van der Waals surface area (Å²) in [5, 5.41) is 1.03. The second-order valence-electron chi connectivity index (χ2n) is 7.55. The number of halogens is 1. The number of aryl methyl sites for hydroxylation is 2. The number of carbonyl (C=O) groups excluding carboxylic acids is 1. The van der Waals surface area contributed by atoms with Crippen LogP contribution in [-0.4, -0.2) is 28.9 Å². The molecule has 0 unspecified atom stereocenters. The highest BCUT2D eigenvalue weighted by atomic mass is 19.1. The predicted molar refractivity (Wildman–Crippen MR) is 112 cm³/mol. The van der Waals surface area contributed by atoms with Crippen molar-refractivity contribution in [2.45, 2.75) is 32.6 Å². The zero-order valence-electron chi connectivity index (χ0n) is 16.2. The van der Waals surface area contributed by atoms with E-state index in [1.165, 1.54) is 28.8 Å². The number of amides is 1. The summed E-state index contributed by atoms with van der Waals surface area (Å²) in [4.78, 5) is 17.6. The molecule has 0 radical (unpaired) electrons. The van der Waals surface area contributed by atoms with E-state index in [9.17, 15) is 9.18 Å². The molecule has 0 saturated heterocycles. The van der Waals surface area contributed by atoms with Gasteiger partial charge in [0.25, 0.3) is 0 Å². The van der Waals surface area contributed by atoms with Crippen molar-refractivity contribution in [3.63, 3.8) is 0 Å². The average molecular weight is 376 g/mol. The number of hydrogen-bond acceptors (Lipinski definition) is 1. The Balaban J connectivity index is 1.34. The molecular formula is C24H25FN2O. The molecule has 0 saturated carbocycles. The monoisotopic (exact) mass is 376 g/mol. The van der Waals surface area contributed by atoms with Crippen LogP contribution in [0.5, 0.6) is 0 Å². The molecule has 0 spiro atoms. The van der Waals surface area contributed by atoms with Crippen molar-refractivity contribution in [2.75, 3.05) is 13.1 Å². The zero-order chi connectivity index (χ0) is 19.5. The summed E-state index contributed by atoms with van der Waals surface area (Å²) in [5.74, 6) is -0.00987. The van der Waals surface area contributed by atoms with Gasteiger partial charge < -0.3 is 9.88 Å². The van der Waals surface area contributed by atoms with Gasteiger partial charge in [-0.25, -0.2) is 4.39 Å². The number of rotatable bonds is 5. The van der Waals surface area contributed by atoms with Crippen LogP contribution in [0.1, 0.15) is 36.0 Å². The molecule has 1 amide bonds. The molecule has 1 N–H and O–H groups in total. The first kappa shape index (κ1) is 18.5. The summed E-state index contributed by atoms with van der Waals surface area (Å²) >= 11 is 0. The number of carbonyl (C=O) groups is 1. The lowest BCUT2D eigenvalue weighted by Gasteiger charge is -2.26. The number of H-pyrrole nitrogens is 1. The van der Waals surface area contributed by atoms with E-state index in [0.717, 1.165) is 42.3 Å². The van der Waals surface area contributed by atoms with Crippen LogP contribution in [0.3, 0.4) is 0 Å². The van der Waals surface area contributed by atoms with Crippen LogP contribution in [0.15, 0.2) is 54.7 Å². The van der Waals surface area contributed by atoms with Crippen LogP contribution in [0.2, 0.25) is 0 Å². The van der Waals surface area contributed by atoms with Crippen molar-refractivity contribution in [3.8, 4) is 0 Å². The molecule has 4 heteroatoms. The van der Waals surface area contributed by atoms with Gasteiger partial charge in [-0.1, -0.05) is 35.9 Å². The van der Waals surface area contributed by atoms with Crippen molar-refractivity contribution < 1.29 is 9.18 Å². The standard InChI is InChI=1S/C24H25FN2O/c1-17-5-7-18(8-6-17)3-2-4-24(28)27-13-11-19(12-14-27)22-16-26-23-15-20(25)9-10-21(22)23/h5-11,15-16,26H,2-4,12-14H2,1H3. The van der Waals surface area contributed by atoms with E-state index >= 15 is 0 Å². The Hall–Kier alpha value is -2.88. The second kappa shape index (κ2) is 8.01. The summed E-state index contributed by atoms with van der Waals surface area (Å²) < 4.78 is 13.4. The van der Waals surface area contributed by atoms with E-state index in [4.69, 9.17) is 0 Å². The Bertz CT molecular complexity index is 1020. The highest BCUT2D eigenvalue weighted by Gasteiger charge is 2.19. The largest absolute Gasteiger partial charge is 0.360 e. The van der Waals surface area contributed by atoms with Gasteiger partial charge in [0.1, 0.15) is 5.82 Å². The Morgan fingerprint density at radius 3 is 2.75 bits per heavy atom. The van der Waals surface area contributed by atoms with Gasteiger partial charge in [-0.05, 0) is 55.5 Å². The highest BCUT2D eigenvalue weighted by Crippen LogP contribution is 2.29. The lowest BCUT2D eigenvalue weighted by molar-refractivity contribution is -0.130. The first-order valence-corrected chi connectivity index (χ1v) is 9.89. The molecule has 144 valence electrons. The Morgan fingerprint density at radius 2 is 2.00 bits per heavy atom. The van der Waals surface area contributed by atoms with Crippen molar-refractivity contribution >= 4 is 22.4 Å². The molecule has 1 aliphatic rings. The molecule has 0 bridgehead atoms. The predicted octanol–water partition coefficient (Wildman–Crippen LogP) is 5.25. The lowest BCUT2D eigenvalue weighted by Crippen LogP contribution is -2.34. The molecule has 28 heavy (non-hydrogen) atoms. The fourth-order valence-corrected chi connectivity index (χ4v) is 3.86. The maximum atomic E-state index is 13.4. The van der Waals surface area contributed by atoms with E-state index in [-0.39, 0.29) is 11.7 Å². The maximum Gasteiger partial charge on any atom is 0.222 e. The van der Waals surface area contributed by atoms with Crippen molar-refractivity contribution in [1.82, 2.24) is 9.88 Å². The van der Waals surface area contributed by atoms with E-state index < -0.39 is 0 Å². The third kappa shape index (κ3) is 4.01. The second-order valence-corrected chi connectivity index (χ2v) is 7.55. The Labute approximate surface area is 164 Å². The van der Waals surface area contributed by atoms with Crippen LogP contribution < -0.4 is 0 Å². The Morgan fingerprint density at radius 1 is 1.18 bits per heavy atom. The summed E-state index contributed by atoms with van der Waals surface area (Å²) in [5.41, 5.74) is 5.69. The van der Waals surface area contributed by atoms with Crippen molar-refractivity contribution in [1.29, 1.82) is 0 Å². The minimum atomic E-state index is -0.235. The summed E-state index contributed by atoms with van der Waals surface area (Å²) in [6.07, 6.45) is 7.30. The van der Waals surface area contributed by atoms with Gasteiger partial charge >= 0.3 is 0 Å². The molecule has 1 aliphatic heterocycles. The van der Waals surface area contributed by atoms with Crippen LogP contribution in [0, 0.1) is 12.7 Å². The van der Waals surface area contributed by atoms with E-state index in [1.54, 1.807) is 0 Å². The number of aromatic amines is 1. The van der Waals surface area contributed by atoms with Gasteiger partial charge in [0.05, 0.1) is 0 Å². The molecule has 0 atom stereocenters. The zero-order valence-corrected chi connectivity index (χ0v) is 16.2. The number of benzene rings is 2. The SMILES string of the molecule is Cc1ccc(CCCC(=O)N2CC=C(c3c[nH]c4cc(F)ccc34)CC2)cc1. The van der Waals surface area contributed by atoms with Gasteiger partial charge in [0.15, 0.2) is 0 Å². The Kier molecular flexibility index (Phi) is 5.29. The third-order valence-corrected chi connectivity index (χ3v) is 5.53. The van der Waals surface area contributed by atoms with Crippen LogP contribution in [-0.2, 0) is 11.2 Å². The van der Waals surface area contributed by atoms with Crippen LogP contribution in [0.25, 0.3) is 16.5 Å². The minimum Gasteiger partial charge on any atom is -0.360 e. The highest BCUT2D eigenvalue weighted by molar-refractivity contribution is 5.93. The van der Waals surface area contributed by atoms with E-state index in [2.05, 4.69) is 42.2 Å². The van der Waals surface area contributed by atoms with Gasteiger partial charge in [0, 0.05) is 42.2 Å². The fourth-order valence-electron chi connectivity index (χ4n) is 3.86. The summed E-state index contributed by atoms with van der Waals surface area (Å²) in [6, 6.07) is 13.4. The van der Waals surface area contributed by atoms with E-state index in [1.807, 2.05) is 17.2 Å². The number of hydrogen-bond donors (Lipinski definition) is 1. The third-order valence-electron chi connectivity index (χ3n) is 5.53. The number of nitrogens with zero attached hydrogens (tertiary/aromatic N) is 1. The van der Waals surface area contributed by atoms with Gasteiger partial charge in [0.2, 0.25) is 5.91 Å². The van der Waals surface area contributed by atoms with Crippen molar-refractivity contribution in [2.24, 2.45) is 0 Å². The number of fused-ring (bicyclic) bond motifs is 1. The molecule has 0 aliphatic carbocycles. The molecule has 1 aromatic heterocycles. The quantitative estimate of drug-likeness (QED) is 0.648. The molecule has 3 nitrogen and oxygen atoms in total. The summed E-state index contributed by atoms with van der Waals surface area (Å²) in [7, 11) is 0. The number of nitrogens with one attached hydrogen (secondary N) is 1. The van der Waals surface area contributed by atoms with Gasteiger partial charge in [-0.2, -0.15) is 0 Å². The number of aromatic nitrogens is 1. The molecule has 2 aromatic carbocycles. The smallest absolute Gasteiger partial charge is 0.222 e. The topological polar surface area (TPSA) is 36.1 Å². The van der Waals surface area contributed by atoms with Crippen LogP contribution >= 0.6 is 0 Å². The van der Waals surface area contributed by atoms with Gasteiger partial charge in [-0.3, -0.25) is 4.79 Å².